The minimum absolute atomic E-state index is 0.0626. The third-order valence-corrected chi connectivity index (χ3v) is 3.22. The van der Waals surface area contributed by atoms with Gasteiger partial charge in [0.2, 0.25) is 6.10 Å². The third-order valence-electron chi connectivity index (χ3n) is 3.22. The van der Waals surface area contributed by atoms with Crippen molar-refractivity contribution < 1.29 is 19.2 Å². The van der Waals surface area contributed by atoms with Gasteiger partial charge in [0.05, 0.1) is 4.92 Å². The van der Waals surface area contributed by atoms with Crippen LogP contribution in [-0.2, 0) is 4.79 Å². The highest BCUT2D eigenvalue weighted by Crippen LogP contribution is 2.30. The first-order chi connectivity index (χ1) is 12.0. The molecule has 0 radical (unpaired) electrons. The predicted molar refractivity (Wildman–Crippen MR) is 90.1 cm³/mol. The van der Waals surface area contributed by atoms with Crippen LogP contribution in [0, 0.1) is 10.1 Å². The summed E-state index contributed by atoms with van der Waals surface area (Å²) in [6.07, 6.45) is -1.22. The minimum Gasteiger partial charge on any atom is -0.469 e. The molecule has 0 unspecified atom stereocenters. The van der Waals surface area contributed by atoms with E-state index < -0.39 is 23.0 Å². The van der Waals surface area contributed by atoms with Gasteiger partial charge in [-0.2, -0.15) is 0 Å². The van der Waals surface area contributed by atoms with Gasteiger partial charge in [0.25, 0.3) is 5.91 Å². The normalized spacial score (nSPS) is 11.2. The van der Waals surface area contributed by atoms with E-state index in [1.54, 1.807) is 43.3 Å². The van der Waals surface area contributed by atoms with Crippen LogP contribution < -0.4 is 15.4 Å². The number of nitrogens with zero attached hydrogens (tertiary/aromatic N) is 1. The van der Waals surface area contributed by atoms with E-state index in [0.717, 1.165) is 0 Å². The molecule has 2 rings (SSSR count). The molecule has 0 bridgehead atoms. The molecular formula is C17H17N3O5. The number of nitro groups is 1. The molecule has 0 aliphatic carbocycles. The number of urea groups is 1. The van der Waals surface area contributed by atoms with Gasteiger partial charge in [0.1, 0.15) is 0 Å². The first-order valence-electron chi connectivity index (χ1n) is 7.56. The molecule has 8 nitrogen and oxygen atoms in total. The van der Waals surface area contributed by atoms with Crippen LogP contribution in [0.25, 0.3) is 0 Å². The Hall–Kier alpha value is -3.42. The van der Waals surface area contributed by atoms with Gasteiger partial charge in [-0.1, -0.05) is 42.5 Å². The van der Waals surface area contributed by atoms with Crippen molar-refractivity contribution in [2.75, 3.05) is 6.54 Å². The molecule has 0 aliphatic heterocycles. The van der Waals surface area contributed by atoms with Gasteiger partial charge in [-0.05, 0) is 13.0 Å². The zero-order valence-electron chi connectivity index (χ0n) is 13.5. The monoisotopic (exact) mass is 343 g/mol. The summed E-state index contributed by atoms with van der Waals surface area (Å²) in [4.78, 5) is 34.6. The number of nitrogens with one attached hydrogen (secondary N) is 2. The summed E-state index contributed by atoms with van der Waals surface area (Å²) < 4.78 is 5.60. The van der Waals surface area contributed by atoms with Crippen LogP contribution >= 0.6 is 0 Å². The van der Waals surface area contributed by atoms with Crippen LogP contribution in [-0.4, -0.2) is 23.4 Å². The molecule has 3 amide bonds. The number of rotatable bonds is 6. The Morgan fingerprint density at radius 3 is 2.40 bits per heavy atom. The topological polar surface area (TPSA) is 111 Å². The standard InChI is InChI=1S/C17H17N3O5/c1-2-18-17(22)19-16(21)15(12-8-4-3-5-9-12)25-14-11-7-6-10-13(14)20(23)24/h3-11,15H,2H2,1H3,(H2,18,19,21,22)/t15-/m0/s1. The van der Waals surface area contributed by atoms with Crippen LogP contribution in [0.3, 0.4) is 0 Å². The van der Waals surface area contributed by atoms with E-state index in [4.69, 9.17) is 4.74 Å². The second kappa shape index (κ2) is 8.44. The van der Waals surface area contributed by atoms with Gasteiger partial charge in [0, 0.05) is 18.2 Å². The van der Waals surface area contributed by atoms with Crippen molar-refractivity contribution in [2.45, 2.75) is 13.0 Å². The molecule has 0 saturated carbocycles. The number of carbonyl (C=O) groups excluding carboxylic acids is 2. The van der Waals surface area contributed by atoms with Crippen molar-refractivity contribution in [3.05, 3.63) is 70.3 Å². The summed E-state index contributed by atoms with van der Waals surface area (Å²) >= 11 is 0. The molecule has 0 saturated heterocycles. The molecule has 0 fully saturated rings. The number of benzene rings is 2. The van der Waals surface area contributed by atoms with Gasteiger partial charge in [0.15, 0.2) is 5.75 Å². The maximum Gasteiger partial charge on any atom is 0.321 e. The quantitative estimate of drug-likeness (QED) is 0.618. The molecule has 8 heteroatoms. The molecule has 2 aromatic carbocycles. The Balaban J connectivity index is 2.32. The second-order valence-electron chi connectivity index (χ2n) is 4.98. The highest BCUT2D eigenvalue weighted by atomic mass is 16.6. The number of ether oxygens (including phenoxy) is 1. The summed E-state index contributed by atoms with van der Waals surface area (Å²) in [6.45, 7) is 2.06. The number of hydrogen-bond acceptors (Lipinski definition) is 5. The van der Waals surface area contributed by atoms with E-state index in [1.807, 2.05) is 0 Å². The van der Waals surface area contributed by atoms with Crippen molar-refractivity contribution in [3.63, 3.8) is 0 Å². The highest BCUT2D eigenvalue weighted by molar-refractivity contribution is 5.97. The van der Waals surface area contributed by atoms with E-state index in [1.165, 1.54) is 18.2 Å². The molecule has 0 heterocycles. The minimum atomic E-state index is -1.22. The zero-order chi connectivity index (χ0) is 18.2. The van der Waals surface area contributed by atoms with Crippen molar-refractivity contribution in [2.24, 2.45) is 0 Å². The molecule has 0 aliphatic rings. The average molecular weight is 343 g/mol. The van der Waals surface area contributed by atoms with E-state index in [2.05, 4.69) is 10.6 Å². The molecule has 25 heavy (non-hydrogen) atoms. The summed E-state index contributed by atoms with van der Waals surface area (Å²) in [5.41, 5.74) is 0.191. The summed E-state index contributed by atoms with van der Waals surface area (Å²) in [5.74, 6) is -0.789. The smallest absolute Gasteiger partial charge is 0.321 e. The van der Waals surface area contributed by atoms with Crippen molar-refractivity contribution in [3.8, 4) is 5.75 Å². The third kappa shape index (κ3) is 4.77. The van der Waals surface area contributed by atoms with Gasteiger partial charge >= 0.3 is 11.7 Å². The lowest BCUT2D eigenvalue weighted by molar-refractivity contribution is -0.386. The molecule has 130 valence electrons. The Morgan fingerprint density at radius 1 is 1.12 bits per heavy atom. The Kier molecular flexibility index (Phi) is 6.05. The van der Waals surface area contributed by atoms with Gasteiger partial charge in [-0.25, -0.2) is 4.79 Å². The lowest BCUT2D eigenvalue weighted by Crippen LogP contribution is -2.42. The number of imide groups is 1. The van der Waals surface area contributed by atoms with E-state index in [0.29, 0.717) is 12.1 Å². The molecular weight excluding hydrogens is 326 g/mol. The SMILES string of the molecule is CCNC(=O)NC(=O)[C@@H](Oc1ccccc1[N+](=O)[O-])c1ccccc1. The van der Waals surface area contributed by atoms with E-state index in [-0.39, 0.29) is 11.4 Å². The van der Waals surface area contributed by atoms with Crippen molar-refractivity contribution >= 4 is 17.6 Å². The first-order valence-corrected chi connectivity index (χ1v) is 7.56. The van der Waals surface area contributed by atoms with Crippen LogP contribution in [0.2, 0.25) is 0 Å². The summed E-state index contributed by atoms with van der Waals surface area (Å²) in [7, 11) is 0. The lowest BCUT2D eigenvalue weighted by Gasteiger charge is -2.18. The van der Waals surface area contributed by atoms with E-state index in [9.17, 15) is 19.7 Å². The van der Waals surface area contributed by atoms with Gasteiger partial charge in [-0.15, -0.1) is 0 Å². The largest absolute Gasteiger partial charge is 0.469 e. The average Bonchev–Trinajstić information content (AvgIpc) is 2.60. The lowest BCUT2D eigenvalue weighted by atomic mass is 10.1. The van der Waals surface area contributed by atoms with Crippen molar-refractivity contribution in [1.82, 2.24) is 10.6 Å². The fourth-order valence-corrected chi connectivity index (χ4v) is 2.12. The van der Waals surface area contributed by atoms with Crippen LogP contribution in [0.15, 0.2) is 54.6 Å². The first kappa shape index (κ1) is 17.9. The summed E-state index contributed by atoms with van der Waals surface area (Å²) in [5, 5.41) is 15.7. The maximum absolute atomic E-state index is 12.4. The Bertz CT molecular complexity index is 764. The molecule has 2 N–H and O–H groups in total. The number of amides is 3. The Labute approximate surface area is 144 Å². The van der Waals surface area contributed by atoms with Crippen LogP contribution in [0.5, 0.6) is 5.75 Å². The van der Waals surface area contributed by atoms with Crippen LogP contribution in [0.4, 0.5) is 10.5 Å². The number of hydrogen-bond donors (Lipinski definition) is 2. The number of para-hydroxylation sites is 2. The molecule has 0 aromatic heterocycles. The second-order valence-corrected chi connectivity index (χ2v) is 4.98. The maximum atomic E-state index is 12.4. The Morgan fingerprint density at radius 2 is 1.76 bits per heavy atom. The molecule has 0 spiro atoms. The van der Waals surface area contributed by atoms with Crippen LogP contribution in [0.1, 0.15) is 18.6 Å². The fraction of sp³-hybridized carbons (Fsp3) is 0.176. The zero-order valence-corrected chi connectivity index (χ0v) is 13.5. The summed E-state index contributed by atoms with van der Waals surface area (Å²) in [6, 6.07) is 13.5. The molecule has 1 atom stereocenters. The van der Waals surface area contributed by atoms with E-state index >= 15 is 0 Å². The van der Waals surface area contributed by atoms with Gasteiger partial charge < -0.3 is 10.1 Å². The fourth-order valence-electron chi connectivity index (χ4n) is 2.12. The highest BCUT2D eigenvalue weighted by Gasteiger charge is 2.27. The number of carbonyl (C=O) groups is 2. The predicted octanol–water partition coefficient (Wildman–Crippen LogP) is 2.56. The number of nitro benzene ring substituents is 1. The van der Waals surface area contributed by atoms with Crippen molar-refractivity contribution in [1.29, 1.82) is 0 Å². The molecule has 2 aromatic rings. The van der Waals surface area contributed by atoms with Gasteiger partial charge in [-0.3, -0.25) is 20.2 Å².